The van der Waals surface area contributed by atoms with Crippen LogP contribution in [-0.2, 0) is 0 Å². The van der Waals surface area contributed by atoms with Crippen molar-refractivity contribution in [3.05, 3.63) is 48.2 Å². The van der Waals surface area contributed by atoms with Crippen molar-refractivity contribution in [2.75, 3.05) is 5.32 Å². The molecule has 1 aliphatic rings. The molecule has 0 aliphatic heterocycles. The highest BCUT2D eigenvalue weighted by atomic mass is 32.1. The smallest absolute Gasteiger partial charge is 0.154 e. The van der Waals surface area contributed by atoms with E-state index in [9.17, 15) is 0 Å². The molecular weight excluding hydrogens is 340 g/mol. The van der Waals surface area contributed by atoms with Gasteiger partial charge in [-0.1, -0.05) is 37.5 Å². The van der Waals surface area contributed by atoms with E-state index in [1.807, 2.05) is 22.0 Å². The molecule has 1 aliphatic carbocycles. The van der Waals surface area contributed by atoms with Crippen molar-refractivity contribution < 1.29 is 0 Å². The maximum Gasteiger partial charge on any atom is 0.154 e. The quantitative estimate of drug-likeness (QED) is 0.511. The van der Waals surface area contributed by atoms with Gasteiger partial charge in [-0.3, -0.25) is 0 Å². The van der Waals surface area contributed by atoms with Crippen molar-refractivity contribution in [3.63, 3.8) is 0 Å². The minimum absolute atomic E-state index is 0.549. The molecule has 0 radical (unpaired) electrons. The van der Waals surface area contributed by atoms with E-state index in [1.54, 1.807) is 0 Å². The number of imidazole rings is 1. The third-order valence-corrected chi connectivity index (χ3v) is 6.62. The van der Waals surface area contributed by atoms with Crippen LogP contribution in [-0.4, -0.2) is 20.6 Å². The zero-order valence-electron chi connectivity index (χ0n) is 14.9. The summed E-state index contributed by atoms with van der Waals surface area (Å²) in [6.07, 6.45) is 8.42. The third-order valence-electron chi connectivity index (χ3n) is 5.31. The first-order valence-electron chi connectivity index (χ1n) is 9.39. The van der Waals surface area contributed by atoms with Crippen molar-refractivity contribution in [3.8, 4) is 10.6 Å². The fourth-order valence-corrected chi connectivity index (χ4v) is 5.03. The molecule has 5 rings (SSSR count). The molecule has 0 saturated heterocycles. The summed E-state index contributed by atoms with van der Waals surface area (Å²) in [4.78, 5) is 5.77. The van der Waals surface area contributed by atoms with Crippen LogP contribution in [0.2, 0.25) is 0 Å². The number of rotatable bonds is 3. The van der Waals surface area contributed by atoms with Crippen molar-refractivity contribution in [2.24, 2.45) is 0 Å². The molecule has 1 saturated carbocycles. The molecule has 0 spiro atoms. The average molecular weight is 363 g/mol. The maximum atomic E-state index is 4.85. The van der Waals surface area contributed by atoms with Gasteiger partial charge < -0.3 is 5.32 Å². The summed E-state index contributed by atoms with van der Waals surface area (Å²) in [5.74, 6) is 0.945. The summed E-state index contributed by atoms with van der Waals surface area (Å²) in [6, 6.07) is 13.4. The van der Waals surface area contributed by atoms with E-state index in [-0.39, 0.29) is 0 Å². The van der Waals surface area contributed by atoms with Gasteiger partial charge in [0.05, 0.1) is 11.1 Å². The highest BCUT2D eigenvalue weighted by Gasteiger charge is 2.15. The monoisotopic (exact) mass is 362 g/mol. The molecule has 0 unspecified atom stereocenters. The number of hydrogen-bond acceptors (Lipinski definition) is 4. The van der Waals surface area contributed by atoms with E-state index in [0.29, 0.717) is 6.04 Å². The fourth-order valence-electron chi connectivity index (χ4n) is 3.91. The Kier molecular flexibility index (Phi) is 3.89. The zero-order valence-corrected chi connectivity index (χ0v) is 15.7. The van der Waals surface area contributed by atoms with Crippen LogP contribution in [0.1, 0.15) is 37.7 Å². The van der Waals surface area contributed by atoms with Crippen molar-refractivity contribution >= 4 is 32.9 Å². The molecule has 1 N–H and O–H groups in total. The number of nitrogens with one attached hydrogen (secondary N) is 1. The highest BCUT2D eigenvalue weighted by molar-refractivity contribution is 7.22. The number of thiophene rings is 1. The lowest BCUT2D eigenvalue weighted by Crippen LogP contribution is -2.23. The number of fused-ring (bicyclic) bond motifs is 2. The van der Waals surface area contributed by atoms with Gasteiger partial charge >= 0.3 is 0 Å². The highest BCUT2D eigenvalue weighted by Crippen LogP contribution is 2.35. The normalized spacial score (nSPS) is 15.7. The second-order valence-corrected chi connectivity index (χ2v) is 8.27. The number of benzene rings is 1. The summed E-state index contributed by atoms with van der Waals surface area (Å²) in [5, 5.41) is 9.76. The first kappa shape index (κ1) is 15.8. The van der Waals surface area contributed by atoms with Crippen LogP contribution < -0.4 is 5.32 Å². The lowest BCUT2D eigenvalue weighted by atomic mass is 9.95. The molecule has 3 aromatic heterocycles. The van der Waals surface area contributed by atoms with E-state index in [2.05, 4.69) is 53.6 Å². The molecule has 3 heterocycles. The van der Waals surface area contributed by atoms with E-state index in [4.69, 9.17) is 5.10 Å². The molecule has 1 aromatic carbocycles. The molecule has 4 nitrogen and oxygen atoms in total. The largest absolute Gasteiger partial charge is 0.366 e. The molecule has 0 bridgehead atoms. The lowest BCUT2D eigenvalue weighted by Gasteiger charge is -2.23. The molecule has 4 aromatic rings. The molecule has 0 amide bonds. The van der Waals surface area contributed by atoms with Gasteiger partial charge in [-0.2, -0.15) is 0 Å². The van der Waals surface area contributed by atoms with E-state index < -0.39 is 0 Å². The van der Waals surface area contributed by atoms with Gasteiger partial charge in [-0.05, 0) is 48.9 Å². The Labute approximate surface area is 156 Å². The van der Waals surface area contributed by atoms with Gasteiger partial charge in [0, 0.05) is 10.7 Å². The summed E-state index contributed by atoms with van der Waals surface area (Å²) in [5.41, 5.74) is 3.27. The Morgan fingerprint density at radius 1 is 1.12 bits per heavy atom. The van der Waals surface area contributed by atoms with E-state index >= 15 is 0 Å². The molecular formula is C21H22N4S. The molecule has 5 heteroatoms. The van der Waals surface area contributed by atoms with Crippen molar-refractivity contribution in [1.82, 2.24) is 14.6 Å². The van der Waals surface area contributed by atoms with Crippen LogP contribution in [0.25, 0.3) is 26.3 Å². The number of anilines is 1. The predicted molar refractivity (Wildman–Crippen MR) is 109 cm³/mol. The van der Waals surface area contributed by atoms with Gasteiger partial charge in [0.2, 0.25) is 0 Å². The van der Waals surface area contributed by atoms with Crippen LogP contribution in [0.4, 0.5) is 5.82 Å². The average Bonchev–Trinajstić information content (AvgIpc) is 3.27. The molecule has 0 atom stereocenters. The van der Waals surface area contributed by atoms with Crippen LogP contribution in [0.3, 0.4) is 0 Å². The molecule has 26 heavy (non-hydrogen) atoms. The minimum Gasteiger partial charge on any atom is -0.366 e. The number of nitrogens with zero attached hydrogens (tertiary/aromatic N) is 3. The van der Waals surface area contributed by atoms with Crippen LogP contribution in [0, 0.1) is 6.92 Å². The second-order valence-electron chi connectivity index (χ2n) is 7.22. The van der Waals surface area contributed by atoms with Gasteiger partial charge in [-0.25, -0.2) is 9.50 Å². The van der Waals surface area contributed by atoms with Crippen LogP contribution in [0.5, 0.6) is 0 Å². The Morgan fingerprint density at radius 2 is 2.00 bits per heavy atom. The third kappa shape index (κ3) is 2.76. The minimum atomic E-state index is 0.549. The predicted octanol–water partition coefficient (Wildman–Crippen LogP) is 5.66. The van der Waals surface area contributed by atoms with E-state index in [0.717, 1.165) is 17.2 Å². The van der Waals surface area contributed by atoms with Gasteiger partial charge in [0.1, 0.15) is 11.5 Å². The number of aryl methyl sites for hydroxylation is 1. The Balaban J connectivity index is 1.54. The second kappa shape index (κ2) is 6.40. The van der Waals surface area contributed by atoms with Crippen molar-refractivity contribution in [1.29, 1.82) is 0 Å². The van der Waals surface area contributed by atoms with Gasteiger partial charge in [-0.15, -0.1) is 16.4 Å². The maximum absolute atomic E-state index is 4.85. The lowest BCUT2D eigenvalue weighted by molar-refractivity contribution is 0.461. The van der Waals surface area contributed by atoms with Crippen molar-refractivity contribution in [2.45, 2.75) is 45.1 Å². The number of aromatic nitrogens is 3. The Hall–Kier alpha value is -2.40. The van der Waals surface area contributed by atoms with Gasteiger partial charge in [0.15, 0.2) is 5.65 Å². The Bertz CT molecular complexity index is 1070. The zero-order chi connectivity index (χ0) is 17.5. The fraction of sp³-hybridized carbons (Fsp3) is 0.333. The first-order chi connectivity index (χ1) is 12.8. The Morgan fingerprint density at radius 3 is 2.85 bits per heavy atom. The molecule has 132 valence electrons. The van der Waals surface area contributed by atoms with Gasteiger partial charge in [0.25, 0.3) is 0 Å². The summed E-state index contributed by atoms with van der Waals surface area (Å²) in [6.45, 7) is 2.17. The topological polar surface area (TPSA) is 42.2 Å². The van der Waals surface area contributed by atoms with E-state index in [1.165, 1.54) is 52.6 Å². The standard InChI is InChI=1S/C21H22N4S/c1-14-6-5-7-15-12-18(26-21(14)15)17-13-22-20-11-10-19(24-25(17)20)23-16-8-3-2-4-9-16/h5-7,10-13,16H,2-4,8-9H2,1H3,(H,23,24). The first-order valence-corrected chi connectivity index (χ1v) is 10.2. The SMILES string of the molecule is Cc1cccc2cc(-c3cnc4ccc(NC5CCCCC5)nn34)sc12. The van der Waals surface area contributed by atoms with Crippen LogP contribution in [0.15, 0.2) is 42.6 Å². The summed E-state index contributed by atoms with van der Waals surface area (Å²) in [7, 11) is 0. The van der Waals surface area contributed by atoms with Crippen LogP contribution >= 0.6 is 11.3 Å². The number of hydrogen-bond donors (Lipinski definition) is 1. The molecule has 1 fully saturated rings. The summed E-state index contributed by atoms with van der Waals surface area (Å²) >= 11 is 1.82. The summed E-state index contributed by atoms with van der Waals surface area (Å²) < 4.78 is 3.32.